The molecule has 94 valence electrons. The van der Waals surface area contributed by atoms with E-state index < -0.39 is 0 Å². The highest BCUT2D eigenvalue weighted by atomic mass is 79.9. The lowest BCUT2D eigenvalue weighted by molar-refractivity contribution is 0.102. The highest BCUT2D eigenvalue weighted by Gasteiger charge is 2.10. The van der Waals surface area contributed by atoms with Crippen LogP contribution >= 0.6 is 27.3 Å². The third-order valence-corrected chi connectivity index (χ3v) is 4.24. The Morgan fingerprint density at radius 2 is 2.06 bits per heavy atom. The lowest BCUT2D eigenvalue weighted by Gasteiger charge is -2.15. The quantitative estimate of drug-likeness (QED) is 0.803. The van der Waals surface area contributed by atoms with Crippen molar-refractivity contribution >= 4 is 38.2 Å². The summed E-state index contributed by atoms with van der Waals surface area (Å²) >= 11 is 4.84. The lowest BCUT2D eigenvalue weighted by atomic mass is 10.2. The number of hydrogen-bond acceptors (Lipinski definition) is 4. The summed E-state index contributed by atoms with van der Waals surface area (Å²) in [5.74, 6) is 0.0655. The molecule has 5 heteroatoms. The Kier molecular flexibility index (Phi) is 4.14. The maximum atomic E-state index is 11.2. The average Bonchev–Trinajstić information content (AvgIpc) is 2.81. The van der Waals surface area contributed by atoms with E-state index in [-0.39, 0.29) is 5.78 Å². The molecule has 2 rings (SSSR count). The summed E-state index contributed by atoms with van der Waals surface area (Å²) in [6.07, 6.45) is 1.64. The summed E-state index contributed by atoms with van der Waals surface area (Å²) in [6.45, 7) is 2.34. The van der Waals surface area contributed by atoms with Gasteiger partial charge >= 0.3 is 0 Å². The zero-order valence-corrected chi connectivity index (χ0v) is 12.6. The first-order valence-electron chi connectivity index (χ1n) is 5.48. The Morgan fingerprint density at radius 1 is 1.39 bits per heavy atom. The first kappa shape index (κ1) is 13.2. The van der Waals surface area contributed by atoms with Gasteiger partial charge in [0.05, 0.1) is 11.1 Å². The molecule has 2 aromatic rings. The van der Waals surface area contributed by atoms with Gasteiger partial charge in [0.1, 0.15) is 0 Å². The third-order valence-electron chi connectivity index (χ3n) is 2.50. The Balaban J connectivity index is 2.09. The van der Waals surface area contributed by atoms with Crippen molar-refractivity contribution in [3.8, 4) is 0 Å². The number of Topliss-reactive ketones (excluding diaryl/α,β-unsaturated/α-hetero) is 1. The van der Waals surface area contributed by atoms with Crippen LogP contribution < -0.4 is 4.90 Å². The number of carbonyl (C=O) groups excluding carboxylic acids is 1. The minimum Gasteiger partial charge on any atom is -0.347 e. The number of thiazole rings is 1. The van der Waals surface area contributed by atoms with Gasteiger partial charge < -0.3 is 4.90 Å². The zero-order valence-electron chi connectivity index (χ0n) is 10.2. The number of anilines is 1. The molecule has 0 fully saturated rings. The van der Waals surface area contributed by atoms with Crippen molar-refractivity contribution in [2.45, 2.75) is 13.5 Å². The van der Waals surface area contributed by atoms with Crippen LogP contribution in [0.15, 0.2) is 34.9 Å². The number of benzene rings is 1. The molecule has 0 saturated carbocycles. The summed E-state index contributed by atoms with van der Waals surface area (Å²) in [6, 6.07) is 8.18. The molecule has 0 saturated heterocycles. The predicted octanol–water partition coefficient (Wildman–Crippen LogP) is 3.74. The maximum absolute atomic E-state index is 11.2. The van der Waals surface area contributed by atoms with Crippen LogP contribution in [0.2, 0.25) is 0 Å². The molecule has 0 aliphatic rings. The molecule has 0 N–H and O–H groups in total. The van der Waals surface area contributed by atoms with Crippen LogP contribution in [-0.2, 0) is 6.54 Å². The van der Waals surface area contributed by atoms with Gasteiger partial charge in [-0.1, -0.05) is 39.4 Å². The fourth-order valence-corrected chi connectivity index (χ4v) is 2.57. The van der Waals surface area contributed by atoms with Crippen molar-refractivity contribution in [3.63, 3.8) is 0 Å². The van der Waals surface area contributed by atoms with Gasteiger partial charge in [-0.2, -0.15) is 0 Å². The second kappa shape index (κ2) is 5.63. The monoisotopic (exact) mass is 324 g/mol. The molecule has 0 unspecified atom stereocenters. The first-order valence-corrected chi connectivity index (χ1v) is 7.09. The molecule has 18 heavy (non-hydrogen) atoms. The van der Waals surface area contributed by atoms with Crippen molar-refractivity contribution in [3.05, 3.63) is 45.4 Å². The SMILES string of the molecule is CC(=O)c1cnc(N(C)Cc2ccc(Br)cc2)s1. The van der Waals surface area contributed by atoms with Gasteiger partial charge in [0.15, 0.2) is 10.9 Å². The Morgan fingerprint density at radius 3 is 2.61 bits per heavy atom. The normalized spacial score (nSPS) is 10.4. The molecule has 0 amide bonds. The van der Waals surface area contributed by atoms with E-state index in [0.717, 1.165) is 16.1 Å². The summed E-state index contributed by atoms with van der Waals surface area (Å²) in [5.41, 5.74) is 1.21. The Labute approximate surface area is 119 Å². The molecule has 1 heterocycles. The third kappa shape index (κ3) is 3.17. The van der Waals surface area contributed by atoms with E-state index in [1.54, 1.807) is 13.1 Å². The first-order chi connectivity index (χ1) is 8.56. The highest BCUT2D eigenvalue weighted by molar-refractivity contribution is 9.10. The van der Waals surface area contributed by atoms with Gasteiger partial charge in [-0.05, 0) is 17.7 Å². The number of halogens is 1. The summed E-state index contributed by atoms with van der Waals surface area (Å²) < 4.78 is 1.07. The molecular weight excluding hydrogens is 312 g/mol. The van der Waals surface area contributed by atoms with Crippen molar-refractivity contribution < 1.29 is 4.79 Å². The lowest BCUT2D eigenvalue weighted by Crippen LogP contribution is -2.15. The number of carbonyl (C=O) groups is 1. The fraction of sp³-hybridized carbons (Fsp3) is 0.231. The van der Waals surface area contributed by atoms with Crippen LogP contribution in [0.1, 0.15) is 22.2 Å². The largest absolute Gasteiger partial charge is 0.347 e. The summed E-state index contributed by atoms with van der Waals surface area (Å²) in [4.78, 5) is 18.2. The number of ketones is 1. The van der Waals surface area contributed by atoms with Gasteiger partial charge in [0.2, 0.25) is 0 Å². The van der Waals surface area contributed by atoms with Crippen molar-refractivity contribution in [1.29, 1.82) is 0 Å². The fourth-order valence-electron chi connectivity index (χ4n) is 1.54. The topological polar surface area (TPSA) is 33.2 Å². The van der Waals surface area contributed by atoms with Crippen LogP contribution in [-0.4, -0.2) is 17.8 Å². The van der Waals surface area contributed by atoms with Crippen LogP contribution in [0.3, 0.4) is 0 Å². The summed E-state index contributed by atoms with van der Waals surface area (Å²) in [7, 11) is 1.98. The molecule has 0 bridgehead atoms. The van der Waals surface area contributed by atoms with Crippen molar-refractivity contribution in [2.24, 2.45) is 0 Å². The molecule has 1 aromatic heterocycles. The van der Waals surface area contributed by atoms with E-state index in [1.807, 2.05) is 24.1 Å². The van der Waals surface area contributed by atoms with Crippen molar-refractivity contribution in [1.82, 2.24) is 4.98 Å². The van der Waals surface area contributed by atoms with Gasteiger partial charge in [-0.15, -0.1) is 0 Å². The van der Waals surface area contributed by atoms with E-state index in [1.165, 1.54) is 16.9 Å². The minimum atomic E-state index is 0.0655. The van der Waals surface area contributed by atoms with Crippen LogP contribution in [0.25, 0.3) is 0 Å². The van der Waals surface area contributed by atoms with E-state index in [2.05, 4.69) is 33.0 Å². The van der Waals surface area contributed by atoms with Gasteiger partial charge in [-0.25, -0.2) is 4.98 Å². The smallest absolute Gasteiger partial charge is 0.185 e. The standard InChI is InChI=1S/C13H13BrN2OS/c1-9(17)12-7-15-13(18-12)16(2)8-10-3-5-11(14)6-4-10/h3-7H,8H2,1-2H3. The number of nitrogens with zero attached hydrogens (tertiary/aromatic N) is 2. The van der Waals surface area contributed by atoms with Crippen LogP contribution in [0, 0.1) is 0 Å². The molecule has 0 spiro atoms. The molecule has 0 radical (unpaired) electrons. The molecule has 0 atom stereocenters. The minimum absolute atomic E-state index is 0.0655. The van der Waals surface area contributed by atoms with E-state index in [0.29, 0.717) is 4.88 Å². The second-order valence-corrected chi connectivity index (χ2v) is 5.97. The highest BCUT2D eigenvalue weighted by Crippen LogP contribution is 2.23. The molecular formula is C13H13BrN2OS. The molecule has 3 nitrogen and oxygen atoms in total. The molecule has 1 aromatic carbocycles. The molecule has 0 aliphatic carbocycles. The van der Waals surface area contributed by atoms with Crippen molar-refractivity contribution in [2.75, 3.05) is 11.9 Å². The zero-order chi connectivity index (χ0) is 13.1. The second-order valence-electron chi connectivity index (χ2n) is 4.05. The van der Waals surface area contributed by atoms with E-state index >= 15 is 0 Å². The predicted molar refractivity (Wildman–Crippen MR) is 78.4 cm³/mol. The molecule has 0 aliphatic heterocycles. The van der Waals surface area contributed by atoms with Gasteiger partial charge in [-0.3, -0.25) is 4.79 Å². The van der Waals surface area contributed by atoms with Gasteiger partial charge in [0.25, 0.3) is 0 Å². The van der Waals surface area contributed by atoms with E-state index in [9.17, 15) is 4.79 Å². The summed E-state index contributed by atoms with van der Waals surface area (Å²) in [5, 5.41) is 0.864. The average molecular weight is 325 g/mol. The van der Waals surface area contributed by atoms with Gasteiger partial charge in [0, 0.05) is 25.0 Å². The number of hydrogen-bond donors (Lipinski definition) is 0. The Hall–Kier alpha value is -1.20. The van der Waals surface area contributed by atoms with Crippen LogP contribution in [0.4, 0.5) is 5.13 Å². The number of aromatic nitrogens is 1. The Bertz CT molecular complexity index is 550. The van der Waals surface area contributed by atoms with Crippen LogP contribution in [0.5, 0.6) is 0 Å². The van der Waals surface area contributed by atoms with E-state index in [4.69, 9.17) is 0 Å². The maximum Gasteiger partial charge on any atom is 0.185 e. The number of rotatable bonds is 4.